The summed E-state index contributed by atoms with van der Waals surface area (Å²) in [6.07, 6.45) is 0.936. The summed E-state index contributed by atoms with van der Waals surface area (Å²) in [5, 5.41) is 1.86. The maximum Gasteiger partial charge on any atom is 0.144 e. The van der Waals surface area contributed by atoms with Crippen LogP contribution in [-0.2, 0) is 6.42 Å². The van der Waals surface area contributed by atoms with E-state index in [1.54, 1.807) is 0 Å². The molecule has 0 saturated carbocycles. The van der Waals surface area contributed by atoms with Crippen molar-refractivity contribution in [1.29, 1.82) is 0 Å². The van der Waals surface area contributed by atoms with Crippen molar-refractivity contribution < 1.29 is 0 Å². The number of nitrogens with zero attached hydrogens (tertiary/aromatic N) is 3. The highest BCUT2D eigenvalue weighted by atomic mass is 15.5. The number of anilines is 1. The zero-order chi connectivity index (χ0) is 9.84. The van der Waals surface area contributed by atoms with Crippen molar-refractivity contribution in [1.82, 2.24) is 15.0 Å². The lowest BCUT2D eigenvalue weighted by molar-refractivity contribution is 0.491. The molecule has 1 N–H and O–H groups in total. The first-order valence-electron chi connectivity index (χ1n) is 4.40. The molecule has 0 radical (unpaired) electrons. The summed E-state index contributed by atoms with van der Waals surface area (Å²) in [4.78, 5) is 8.55. The fourth-order valence-corrected chi connectivity index (χ4v) is 1.10. The Kier molecular flexibility index (Phi) is 3.19. The molecule has 4 heteroatoms. The van der Waals surface area contributed by atoms with Gasteiger partial charge in [0, 0.05) is 25.9 Å². The van der Waals surface area contributed by atoms with Crippen LogP contribution in [0.2, 0.25) is 0 Å². The molecule has 1 aromatic heterocycles. The first-order chi connectivity index (χ1) is 6.11. The van der Waals surface area contributed by atoms with Crippen LogP contribution in [0.4, 0.5) is 5.82 Å². The molecule has 1 aromatic rings. The molecule has 0 bridgehead atoms. The van der Waals surface area contributed by atoms with Crippen LogP contribution in [0, 0.1) is 6.92 Å². The van der Waals surface area contributed by atoms with Gasteiger partial charge in [-0.15, -0.1) is 0 Å². The van der Waals surface area contributed by atoms with Gasteiger partial charge in [0.15, 0.2) is 0 Å². The summed E-state index contributed by atoms with van der Waals surface area (Å²) in [5.74, 6) is 1.66. The molecule has 0 amide bonds. The molecule has 0 spiro atoms. The predicted molar refractivity (Wildman–Crippen MR) is 53.5 cm³/mol. The second-order valence-corrected chi connectivity index (χ2v) is 3.15. The molecular formula is C9H16N4. The Hall–Kier alpha value is -1.16. The van der Waals surface area contributed by atoms with Gasteiger partial charge < -0.3 is 5.43 Å². The van der Waals surface area contributed by atoms with Crippen LogP contribution >= 0.6 is 0 Å². The monoisotopic (exact) mass is 180 g/mol. The van der Waals surface area contributed by atoms with Crippen LogP contribution in [-0.4, -0.2) is 29.1 Å². The molecule has 0 fully saturated rings. The zero-order valence-corrected chi connectivity index (χ0v) is 8.63. The molecule has 0 aliphatic heterocycles. The van der Waals surface area contributed by atoms with Crippen LogP contribution in [0.15, 0.2) is 6.07 Å². The van der Waals surface area contributed by atoms with E-state index in [9.17, 15) is 0 Å². The van der Waals surface area contributed by atoms with Gasteiger partial charge in [-0.3, -0.25) is 0 Å². The fourth-order valence-electron chi connectivity index (χ4n) is 1.10. The molecule has 13 heavy (non-hydrogen) atoms. The topological polar surface area (TPSA) is 41.0 Å². The number of rotatable bonds is 3. The largest absolute Gasteiger partial charge is 0.304 e. The summed E-state index contributed by atoms with van der Waals surface area (Å²) in [6.45, 7) is 3.99. The van der Waals surface area contributed by atoms with Gasteiger partial charge in [0.25, 0.3) is 0 Å². The maximum atomic E-state index is 4.29. The van der Waals surface area contributed by atoms with Crippen molar-refractivity contribution in [3.8, 4) is 0 Å². The summed E-state index contributed by atoms with van der Waals surface area (Å²) in [7, 11) is 3.87. The maximum absolute atomic E-state index is 4.29. The summed E-state index contributed by atoms with van der Waals surface area (Å²) < 4.78 is 0. The van der Waals surface area contributed by atoms with Crippen LogP contribution in [0.1, 0.15) is 18.4 Å². The Morgan fingerprint density at radius 1 is 1.38 bits per heavy atom. The first-order valence-corrected chi connectivity index (χ1v) is 4.40. The molecule has 0 atom stereocenters. The van der Waals surface area contributed by atoms with Gasteiger partial charge in [-0.1, -0.05) is 6.92 Å². The molecule has 0 saturated heterocycles. The second kappa shape index (κ2) is 4.18. The lowest BCUT2D eigenvalue weighted by atomic mass is 10.3. The average molecular weight is 180 g/mol. The zero-order valence-electron chi connectivity index (χ0n) is 8.63. The van der Waals surface area contributed by atoms with Crippen molar-refractivity contribution in [3.63, 3.8) is 0 Å². The highest BCUT2D eigenvalue weighted by Crippen LogP contribution is 2.06. The minimum Gasteiger partial charge on any atom is -0.304 e. The molecule has 4 nitrogen and oxygen atoms in total. The first kappa shape index (κ1) is 9.92. The minimum absolute atomic E-state index is 0.809. The molecule has 1 rings (SSSR count). The SMILES string of the molecule is CCc1cc(NN(C)C)nc(C)n1. The number of hydrogen-bond donors (Lipinski definition) is 1. The van der Waals surface area contributed by atoms with Gasteiger partial charge in [-0.2, -0.15) is 0 Å². The van der Waals surface area contributed by atoms with Crippen LogP contribution in [0.3, 0.4) is 0 Å². The highest BCUT2D eigenvalue weighted by molar-refractivity contribution is 5.34. The third-order valence-electron chi connectivity index (χ3n) is 1.59. The van der Waals surface area contributed by atoms with E-state index in [1.807, 2.05) is 32.1 Å². The van der Waals surface area contributed by atoms with E-state index in [0.717, 1.165) is 23.8 Å². The Bertz CT molecular complexity index is 283. The standard InChI is InChI=1S/C9H16N4/c1-5-8-6-9(12-13(3)4)11-7(2)10-8/h6H,5H2,1-4H3,(H,10,11,12). The minimum atomic E-state index is 0.809. The Morgan fingerprint density at radius 3 is 2.62 bits per heavy atom. The quantitative estimate of drug-likeness (QED) is 0.710. The molecule has 72 valence electrons. The lowest BCUT2D eigenvalue weighted by Gasteiger charge is -2.13. The van der Waals surface area contributed by atoms with Crippen molar-refractivity contribution in [2.24, 2.45) is 0 Å². The van der Waals surface area contributed by atoms with Crippen LogP contribution < -0.4 is 5.43 Å². The van der Waals surface area contributed by atoms with Gasteiger partial charge in [-0.05, 0) is 13.3 Å². The molecule has 1 heterocycles. The molecule has 0 aliphatic carbocycles. The van der Waals surface area contributed by atoms with Crippen molar-refractivity contribution in [2.45, 2.75) is 20.3 Å². The molecule has 0 aromatic carbocycles. The molecule has 0 aliphatic rings. The summed E-state index contributed by atoms with van der Waals surface area (Å²) in [6, 6.07) is 1.97. The third-order valence-corrected chi connectivity index (χ3v) is 1.59. The third kappa shape index (κ3) is 2.99. The van der Waals surface area contributed by atoms with E-state index in [2.05, 4.69) is 22.3 Å². The Balaban J connectivity index is 2.88. The molecule has 0 unspecified atom stereocenters. The smallest absolute Gasteiger partial charge is 0.144 e. The van der Waals surface area contributed by atoms with Gasteiger partial charge in [0.1, 0.15) is 11.6 Å². The summed E-state index contributed by atoms with van der Waals surface area (Å²) in [5.41, 5.74) is 4.17. The van der Waals surface area contributed by atoms with Crippen molar-refractivity contribution >= 4 is 5.82 Å². The normalized spacial score (nSPS) is 10.5. The van der Waals surface area contributed by atoms with E-state index >= 15 is 0 Å². The number of hydrazine groups is 1. The number of hydrogen-bond acceptors (Lipinski definition) is 4. The van der Waals surface area contributed by atoms with Gasteiger partial charge >= 0.3 is 0 Å². The Morgan fingerprint density at radius 2 is 2.08 bits per heavy atom. The van der Waals surface area contributed by atoms with Crippen molar-refractivity contribution in [2.75, 3.05) is 19.5 Å². The fraction of sp³-hybridized carbons (Fsp3) is 0.556. The number of aromatic nitrogens is 2. The average Bonchev–Trinajstić information content (AvgIpc) is 2.01. The second-order valence-electron chi connectivity index (χ2n) is 3.15. The van der Waals surface area contributed by atoms with E-state index in [0.29, 0.717) is 0 Å². The summed E-state index contributed by atoms with van der Waals surface area (Å²) >= 11 is 0. The lowest BCUT2D eigenvalue weighted by Crippen LogP contribution is -2.20. The van der Waals surface area contributed by atoms with Crippen LogP contribution in [0.5, 0.6) is 0 Å². The van der Waals surface area contributed by atoms with Gasteiger partial charge in [0.2, 0.25) is 0 Å². The van der Waals surface area contributed by atoms with Gasteiger partial charge in [-0.25, -0.2) is 15.0 Å². The van der Waals surface area contributed by atoms with Gasteiger partial charge in [0.05, 0.1) is 0 Å². The van der Waals surface area contributed by atoms with Crippen molar-refractivity contribution in [3.05, 3.63) is 17.6 Å². The van der Waals surface area contributed by atoms with E-state index < -0.39 is 0 Å². The number of nitrogens with one attached hydrogen (secondary N) is 1. The van der Waals surface area contributed by atoms with E-state index in [4.69, 9.17) is 0 Å². The Labute approximate surface area is 79.0 Å². The highest BCUT2D eigenvalue weighted by Gasteiger charge is 1.99. The molecular weight excluding hydrogens is 164 g/mol. The van der Waals surface area contributed by atoms with Crippen LogP contribution in [0.25, 0.3) is 0 Å². The van der Waals surface area contributed by atoms with E-state index in [1.165, 1.54) is 0 Å². The number of aryl methyl sites for hydroxylation is 2. The van der Waals surface area contributed by atoms with E-state index in [-0.39, 0.29) is 0 Å². The predicted octanol–water partition coefficient (Wildman–Crippen LogP) is 1.24.